The lowest BCUT2D eigenvalue weighted by molar-refractivity contribution is 0.483. The van der Waals surface area contributed by atoms with Gasteiger partial charge in [-0.3, -0.25) is 4.55 Å². The summed E-state index contributed by atoms with van der Waals surface area (Å²) in [5.74, 6) is 0.222. The number of nitrogen functional groups attached to an aromatic ring is 2. The van der Waals surface area contributed by atoms with E-state index in [4.69, 9.17) is 16.0 Å². The van der Waals surface area contributed by atoms with Gasteiger partial charge in [0.1, 0.15) is 0 Å². The average Bonchev–Trinajstić information content (AvgIpc) is 2.56. The van der Waals surface area contributed by atoms with Crippen molar-refractivity contribution in [3.8, 4) is 5.69 Å². The maximum atomic E-state index is 11.0. The van der Waals surface area contributed by atoms with Crippen molar-refractivity contribution >= 4 is 21.6 Å². The molecule has 0 radical (unpaired) electrons. The first-order chi connectivity index (χ1) is 8.30. The van der Waals surface area contributed by atoms with Gasteiger partial charge < -0.3 is 11.5 Å². The first kappa shape index (κ1) is 12.4. The van der Waals surface area contributed by atoms with Gasteiger partial charge in [-0.15, -0.1) is 0 Å². The number of rotatable bonds is 2. The van der Waals surface area contributed by atoms with Gasteiger partial charge in [0.2, 0.25) is 0 Å². The van der Waals surface area contributed by atoms with Crippen molar-refractivity contribution in [1.82, 2.24) is 9.78 Å². The van der Waals surface area contributed by atoms with Gasteiger partial charge in [-0.05, 0) is 25.1 Å². The highest BCUT2D eigenvalue weighted by Gasteiger charge is 2.14. The standard InChI is InChI=1S/C10H12N4O3S/c1-6-9(11)10(12)14(13-6)7-3-2-4-8(5-7)18(15,16)17/h2-5H,11-12H2,1H3,(H,15,16,17). The minimum absolute atomic E-state index is 0.222. The van der Waals surface area contributed by atoms with Crippen molar-refractivity contribution in [3.63, 3.8) is 0 Å². The summed E-state index contributed by atoms with van der Waals surface area (Å²) in [6, 6.07) is 5.62. The Kier molecular flexibility index (Phi) is 2.76. The number of nitrogens with two attached hydrogens (primary N) is 2. The maximum Gasteiger partial charge on any atom is 0.294 e. The lowest BCUT2D eigenvalue weighted by Crippen LogP contribution is -2.05. The number of hydrogen-bond acceptors (Lipinski definition) is 5. The zero-order valence-electron chi connectivity index (χ0n) is 9.53. The van der Waals surface area contributed by atoms with Crippen molar-refractivity contribution in [2.75, 3.05) is 11.5 Å². The van der Waals surface area contributed by atoms with Crippen LogP contribution in [0.15, 0.2) is 29.2 Å². The topological polar surface area (TPSA) is 124 Å². The molecule has 0 spiro atoms. The van der Waals surface area contributed by atoms with Crippen molar-refractivity contribution in [1.29, 1.82) is 0 Å². The smallest absolute Gasteiger partial charge is 0.294 e. The number of benzene rings is 1. The Morgan fingerprint density at radius 1 is 1.33 bits per heavy atom. The van der Waals surface area contributed by atoms with Crippen LogP contribution < -0.4 is 11.5 Å². The maximum absolute atomic E-state index is 11.0. The lowest BCUT2D eigenvalue weighted by Gasteiger charge is -2.05. The van der Waals surface area contributed by atoms with Crippen LogP contribution in [0, 0.1) is 6.92 Å². The van der Waals surface area contributed by atoms with E-state index in [0.29, 0.717) is 17.1 Å². The van der Waals surface area contributed by atoms with E-state index in [2.05, 4.69) is 5.10 Å². The minimum atomic E-state index is -4.26. The van der Waals surface area contributed by atoms with Gasteiger partial charge in [-0.1, -0.05) is 6.07 Å². The largest absolute Gasteiger partial charge is 0.394 e. The Morgan fingerprint density at radius 2 is 2.00 bits per heavy atom. The third-order valence-electron chi connectivity index (χ3n) is 2.50. The lowest BCUT2D eigenvalue weighted by atomic mass is 10.3. The highest BCUT2D eigenvalue weighted by atomic mass is 32.2. The molecule has 0 amide bonds. The Hall–Kier alpha value is -2.06. The predicted octanol–water partition coefficient (Wildman–Crippen LogP) is 0.592. The van der Waals surface area contributed by atoms with Gasteiger partial charge >= 0.3 is 0 Å². The molecule has 7 nitrogen and oxygen atoms in total. The normalized spacial score (nSPS) is 11.7. The average molecular weight is 268 g/mol. The Balaban J connectivity index is 2.62. The van der Waals surface area contributed by atoms with Crippen LogP contribution in [0.5, 0.6) is 0 Å². The summed E-state index contributed by atoms with van der Waals surface area (Å²) in [7, 11) is -4.26. The molecule has 96 valence electrons. The Bertz CT molecular complexity index is 706. The summed E-state index contributed by atoms with van der Waals surface area (Å²) in [5.41, 5.74) is 12.7. The third kappa shape index (κ3) is 2.03. The van der Waals surface area contributed by atoms with Crippen LogP contribution in [0.2, 0.25) is 0 Å². The number of anilines is 2. The van der Waals surface area contributed by atoms with Crippen molar-refractivity contribution in [2.45, 2.75) is 11.8 Å². The number of nitrogens with zero attached hydrogens (tertiary/aromatic N) is 2. The van der Waals surface area contributed by atoms with Crippen molar-refractivity contribution in [3.05, 3.63) is 30.0 Å². The van der Waals surface area contributed by atoms with Crippen LogP contribution in [-0.2, 0) is 10.1 Å². The molecule has 0 unspecified atom stereocenters. The van der Waals surface area contributed by atoms with E-state index in [0.717, 1.165) is 0 Å². The Labute approximate surface area is 104 Å². The van der Waals surface area contributed by atoms with E-state index in [-0.39, 0.29) is 10.7 Å². The molecule has 2 rings (SSSR count). The summed E-state index contributed by atoms with van der Waals surface area (Å²) in [6.07, 6.45) is 0. The van der Waals surface area contributed by atoms with E-state index in [1.807, 2.05) is 0 Å². The van der Waals surface area contributed by atoms with Gasteiger partial charge in [0.15, 0.2) is 5.82 Å². The molecule has 8 heteroatoms. The second-order valence-corrected chi connectivity index (χ2v) is 5.19. The fraction of sp³-hybridized carbons (Fsp3) is 0.100. The molecule has 1 heterocycles. The SMILES string of the molecule is Cc1nn(-c2cccc(S(=O)(=O)O)c2)c(N)c1N. The molecule has 0 aliphatic carbocycles. The fourth-order valence-electron chi connectivity index (χ4n) is 1.53. The van der Waals surface area contributed by atoms with Crippen LogP contribution in [-0.4, -0.2) is 22.8 Å². The van der Waals surface area contributed by atoms with Gasteiger partial charge in [0.05, 0.1) is 22.0 Å². The second-order valence-electron chi connectivity index (χ2n) is 3.77. The zero-order valence-corrected chi connectivity index (χ0v) is 10.3. The Morgan fingerprint density at radius 3 is 2.50 bits per heavy atom. The summed E-state index contributed by atoms with van der Waals surface area (Å²) in [6.45, 7) is 1.69. The summed E-state index contributed by atoms with van der Waals surface area (Å²) in [5, 5.41) is 4.09. The van der Waals surface area contributed by atoms with Crippen molar-refractivity contribution < 1.29 is 13.0 Å². The highest BCUT2D eigenvalue weighted by Crippen LogP contribution is 2.23. The van der Waals surface area contributed by atoms with E-state index in [1.165, 1.54) is 22.9 Å². The monoisotopic (exact) mass is 268 g/mol. The molecule has 0 saturated heterocycles. The van der Waals surface area contributed by atoms with E-state index >= 15 is 0 Å². The molecule has 0 fully saturated rings. The van der Waals surface area contributed by atoms with Gasteiger partial charge in [0, 0.05) is 0 Å². The van der Waals surface area contributed by atoms with Gasteiger partial charge in [-0.25, -0.2) is 4.68 Å². The highest BCUT2D eigenvalue weighted by molar-refractivity contribution is 7.85. The van der Waals surface area contributed by atoms with E-state index in [9.17, 15) is 8.42 Å². The summed E-state index contributed by atoms with van der Waals surface area (Å²) >= 11 is 0. The van der Waals surface area contributed by atoms with E-state index < -0.39 is 10.1 Å². The number of hydrogen-bond donors (Lipinski definition) is 3. The zero-order chi connectivity index (χ0) is 13.5. The summed E-state index contributed by atoms with van der Waals surface area (Å²) < 4.78 is 32.4. The van der Waals surface area contributed by atoms with Crippen molar-refractivity contribution in [2.24, 2.45) is 0 Å². The first-order valence-electron chi connectivity index (χ1n) is 4.99. The minimum Gasteiger partial charge on any atom is -0.394 e. The summed E-state index contributed by atoms with van der Waals surface area (Å²) in [4.78, 5) is -0.230. The molecule has 5 N–H and O–H groups in total. The number of aryl methyl sites for hydroxylation is 1. The molecule has 0 aliphatic rings. The molecule has 0 bridgehead atoms. The second kappa shape index (κ2) is 4.00. The quantitative estimate of drug-likeness (QED) is 0.685. The molecule has 0 saturated carbocycles. The van der Waals surface area contributed by atoms with Gasteiger partial charge in [-0.2, -0.15) is 13.5 Å². The van der Waals surface area contributed by atoms with Crippen LogP contribution in [0.1, 0.15) is 5.69 Å². The fourth-order valence-corrected chi connectivity index (χ4v) is 2.05. The third-order valence-corrected chi connectivity index (χ3v) is 3.35. The molecule has 1 aromatic heterocycles. The van der Waals surface area contributed by atoms with Crippen LogP contribution >= 0.6 is 0 Å². The molecular formula is C10H12N4O3S. The molecule has 2 aromatic rings. The predicted molar refractivity (Wildman–Crippen MR) is 66.9 cm³/mol. The molecule has 18 heavy (non-hydrogen) atoms. The molecule has 0 aliphatic heterocycles. The van der Waals surface area contributed by atoms with Gasteiger partial charge in [0.25, 0.3) is 10.1 Å². The van der Waals surface area contributed by atoms with Crippen LogP contribution in [0.4, 0.5) is 11.5 Å². The molecule has 0 atom stereocenters. The number of aromatic nitrogens is 2. The molecule has 1 aromatic carbocycles. The first-order valence-corrected chi connectivity index (χ1v) is 6.43. The van der Waals surface area contributed by atoms with Crippen LogP contribution in [0.3, 0.4) is 0 Å². The van der Waals surface area contributed by atoms with Crippen LogP contribution in [0.25, 0.3) is 5.69 Å². The van der Waals surface area contributed by atoms with E-state index in [1.54, 1.807) is 13.0 Å². The molecular weight excluding hydrogens is 256 g/mol.